The lowest BCUT2D eigenvalue weighted by Crippen LogP contribution is -2.16. The van der Waals surface area contributed by atoms with Crippen molar-refractivity contribution in [3.63, 3.8) is 0 Å². The van der Waals surface area contributed by atoms with Crippen LogP contribution in [0.5, 0.6) is 0 Å². The Morgan fingerprint density at radius 3 is 2.54 bits per heavy atom. The Bertz CT molecular complexity index is 883. The van der Waals surface area contributed by atoms with Crippen LogP contribution < -0.4 is 5.32 Å². The van der Waals surface area contributed by atoms with Crippen molar-refractivity contribution in [2.45, 2.75) is 20.8 Å². The number of rotatable bonds is 6. The number of thiazole rings is 1. The smallest absolute Gasteiger partial charge is 0.358 e. The van der Waals surface area contributed by atoms with Crippen molar-refractivity contribution in [1.82, 2.24) is 9.97 Å². The van der Waals surface area contributed by atoms with Gasteiger partial charge in [-0.1, -0.05) is 0 Å². The number of esters is 2. The van der Waals surface area contributed by atoms with Gasteiger partial charge in [0.25, 0.3) is 0 Å². The van der Waals surface area contributed by atoms with Crippen LogP contribution in [0, 0.1) is 13.8 Å². The predicted octanol–water partition coefficient (Wildman–Crippen LogP) is 1.87. The molecule has 0 spiro atoms. The summed E-state index contributed by atoms with van der Waals surface area (Å²) in [5, 5.41) is 4.12. The summed E-state index contributed by atoms with van der Waals surface area (Å²) >= 11 is 1.06. The number of H-pyrrole nitrogens is 1. The highest BCUT2D eigenvalue weighted by atomic mass is 32.1. The highest BCUT2D eigenvalue weighted by molar-refractivity contribution is 7.14. The molecule has 0 fully saturated rings. The van der Waals surface area contributed by atoms with Crippen LogP contribution in [0.3, 0.4) is 0 Å². The van der Waals surface area contributed by atoms with E-state index < -0.39 is 24.3 Å². The second-order valence-electron chi connectivity index (χ2n) is 5.33. The Balaban J connectivity index is 2.04. The van der Waals surface area contributed by atoms with E-state index in [1.54, 1.807) is 13.8 Å². The third-order valence-electron chi connectivity index (χ3n) is 3.44. The molecule has 138 valence electrons. The number of amides is 1. The summed E-state index contributed by atoms with van der Waals surface area (Å²) in [6.45, 7) is 4.04. The summed E-state index contributed by atoms with van der Waals surface area (Å²) < 4.78 is 9.64. The van der Waals surface area contributed by atoms with E-state index in [1.165, 1.54) is 19.4 Å². The average molecular weight is 379 g/mol. The van der Waals surface area contributed by atoms with Gasteiger partial charge in [0.05, 0.1) is 18.4 Å². The lowest BCUT2D eigenvalue weighted by Gasteiger charge is -2.03. The molecule has 0 saturated carbocycles. The molecule has 0 aliphatic carbocycles. The monoisotopic (exact) mass is 379 g/mol. The molecule has 2 rings (SSSR count). The van der Waals surface area contributed by atoms with E-state index in [0.717, 1.165) is 11.3 Å². The van der Waals surface area contributed by atoms with Gasteiger partial charge in [-0.2, -0.15) is 0 Å². The van der Waals surface area contributed by atoms with Crippen molar-refractivity contribution >= 4 is 40.1 Å². The Morgan fingerprint density at radius 1 is 1.23 bits per heavy atom. The quantitative estimate of drug-likeness (QED) is 0.579. The summed E-state index contributed by atoms with van der Waals surface area (Å²) in [5.41, 5.74) is 1.36. The van der Waals surface area contributed by atoms with Crippen LogP contribution in [0.25, 0.3) is 0 Å². The lowest BCUT2D eigenvalue weighted by atomic mass is 10.1. The first-order valence-corrected chi connectivity index (χ1v) is 8.33. The average Bonchev–Trinajstić information content (AvgIpc) is 3.15. The van der Waals surface area contributed by atoms with Crippen molar-refractivity contribution in [2.24, 2.45) is 0 Å². The minimum atomic E-state index is -0.791. The van der Waals surface area contributed by atoms with E-state index in [4.69, 9.17) is 4.74 Å². The summed E-state index contributed by atoms with van der Waals surface area (Å²) in [6.07, 6.45) is 0. The molecule has 0 atom stereocenters. The number of methoxy groups -OCH3 is 1. The molecule has 1 amide bonds. The third kappa shape index (κ3) is 4.14. The number of carbonyl (C=O) groups excluding carboxylic acids is 4. The van der Waals surface area contributed by atoms with Gasteiger partial charge in [-0.3, -0.25) is 9.59 Å². The number of aromatic nitrogens is 2. The van der Waals surface area contributed by atoms with E-state index in [2.05, 4.69) is 20.0 Å². The zero-order chi connectivity index (χ0) is 19.4. The fourth-order valence-electron chi connectivity index (χ4n) is 2.29. The summed E-state index contributed by atoms with van der Waals surface area (Å²) in [5.74, 6) is -2.15. The summed E-state index contributed by atoms with van der Waals surface area (Å²) in [4.78, 5) is 53.7. The van der Waals surface area contributed by atoms with Crippen molar-refractivity contribution in [3.8, 4) is 0 Å². The number of hydrogen-bond donors (Lipinski definition) is 2. The van der Waals surface area contributed by atoms with Gasteiger partial charge in [0.15, 0.2) is 17.4 Å². The van der Waals surface area contributed by atoms with Gasteiger partial charge in [-0.25, -0.2) is 14.6 Å². The fraction of sp³-hybridized carbons (Fsp3) is 0.312. The van der Waals surface area contributed by atoms with Crippen LogP contribution in [-0.2, 0) is 14.3 Å². The number of ketones is 1. The largest absolute Gasteiger partial charge is 0.465 e. The van der Waals surface area contributed by atoms with Gasteiger partial charge < -0.3 is 19.8 Å². The van der Waals surface area contributed by atoms with Gasteiger partial charge in [0.2, 0.25) is 11.7 Å². The minimum Gasteiger partial charge on any atom is -0.465 e. The standard InChI is InChI=1S/C16H17N3O6S/c1-7-12(15(23)24-4)8(2)17-13(7)11(21)5-25-14(22)10-6-26-16(19-10)18-9(3)20/h6,17H,5H2,1-4H3,(H,18,19,20). The Hall–Kier alpha value is -3.01. The zero-order valence-corrected chi connectivity index (χ0v) is 15.4. The molecule has 0 unspecified atom stereocenters. The molecular formula is C16H17N3O6S. The maximum atomic E-state index is 12.3. The van der Waals surface area contributed by atoms with Crippen LogP contribution in [0.4, 0.5) is 5.13 Å². The fourth-order valence-corrected chi connectivity index (χ4v) is 3.02. The maximum absolute atomic E-state index is 12.3. The van der Waals surface area contributed by atoms with E-state index >= 15 is 0 Å². The normalized spacial score (nSPS) is 10.3. The van der Waals surface area contributed by atoms with Crippen molar-refractivity contribution in [1.29, 1.82) is 0 Å². The number of Topliss-reactive ketones (excluding diaryl/α,β-unsaturated/α-hetero) is 1. The van der Waals surface area contributed by atoms with Gasteiger partial charge in [0, 0.05) is 18.0 Å². The van der Waals surface area contributed by atoms with E-state index in [9.17, 15) is 19.2 Å². The number of anilines is 1. The van der Waals surface area contributed by atoms with E-state index in [1.807, 2.05) is 0 Å². The number of ether oxygens (including phenoxy) is 2. The van der Waals surface area contributed by atoms with Gasteiger partial charge in [-0.15, -0.1) is 11.3 Å². The summed E-state index contributed by atoms with van der Waals surface area (Å²) in [7, 11) is 1.25. The highest BCUT2D eigenvalue weighted by Crippen LogP contribution is 2.20. The molecule has 0 aromatic carbocycles. The molecule has 0 bridgehead atoms. The number of aryl methyl sites for hydroxylation is 1. The van der Waals surface area contributed by atoms with Crippen LogP contribution in [-0.4, -0.2) is 47.3 Å². The highest BCUT2D eigenvalue weighted by Gasteiger charge is 2.23. The number of nitrogens with one attached hydrogen (secondary N) is 2. The molecule has 2 aromatic rings. The molecular weight excluding hydrogens is 362 g/mol. The molecule has 0 saturated heterocycles. The van der Waals surface area contributed by atoms with Crippen LogP contribution in [0.2, 0.25) is 0 Å². The Kier molecular flexibility index (Phi) is 5.88. The van der Waals surface area contributed by atoms with Crippen molar-refractivity contribution in [2.75, 3.05) is 19.0 Å². The molecule has 26 heavy (non-hydrogen) atoms. The molecule has 2 N–H and O–H groups in total. The van der Waals surface area contributed by atoms with Crippen LogP contribution in [0.1, 0.15) is 49.5 Å². The molecule has 0 aliphatic heterocycles. The molecule has 10 heteroatoms. The second kappa shape index (κ2) is 7.91. The first-order chi connectivity index (χ1) is 12.2. The topological polar surface area (TPSA) is 127 Å². The molecule has 2 heterocycles. The molecule has 9 nitrogen and oxygen atoms in total. The number of carbonyl (C=O) groups is 4. The Morgan fingerprint density at radius 2 is 1.92 bits per heavy atom. The summed E-state index contributed by atoms with van der Waals surface area (Å²) in [6, 6.07) is 0. The molecule has 0 aliphatic rings. The number of aromatic amines is 1. The minimum absolute atomic E-state index is 0.0128. The van der Waals surface area contributed by atoms with Gasteiger partial charge in [-0.05, 0) is 19.4 Å². The van der Waals surface area contributed by atoms with Crippen LogP contribution >= 0.6 is 11.3 Å². The first kappa shape index (κ1) is 19.3. The predicted molar refractivity (Wildman–Crippen MR) is 92.6 cm³/mol. The number of hydrogen-bond acceptors (Lipinski definition) is 8. The first-order valence-electron chi connectivity index (χ1n) is 7.45. The van der Waals surface area contributed by atoms with Crippen molar-refractivity contribution in [3.05, 3.63) is 33.6 Å². The second-order valence-corrected chi connectivity index (χ2v) is 6.19. The maximum Gasteiger partial charge on any atom is 0.358 e. The van der Waals surface area contributed by atoms with Gasteiger partial charge in [0.1, 0.15) is 0 Å². The van der Waals surface area contributed by atoms with Crippen LogP contribution in [0.15, 0.2) is 5.38 Å². The molecule has 0 radical (unpaired) electrons. The van der Waals surface area contributed by atoms with Gasteiger partial charge >= 0.3 is 11.9 Å². The molecule has 2 aromatic heterocycles. The van der Waals surface area contributed by atoms with E-state index in [-0.39, 0.29) is 28.0 Å². The third-order valence-corrected chi connectivity index (χ3v) is 4.19. The number of nitrogens with zero attached hydrogens (tertiary/aromatic N) is 1. The van der Waals surface area contributed by atoms with E-state index in [0.29, 0.717) is 11.3 Å². The zero-order valence-electron chi connectivity index (χ0n) is 14.6. The van der Waals surface area contributed by atoms with Crippen molar-refractivity contribution < 1.29 is 28.7 Å². The lowest BCUT2D eigenvalue weighted by molar-refractivity contribution is -0.114. The SMILES string of the molecule is COC(=O)c1c(C)[nH]c(C(=O)COC(=O)c2csc(NC(C)=O)n2)c1C. The Labute approximate surface area is 152 Å².